The summed E-state index contributed by atoms with van der Waals surface area (Å²) in [5.41, 5.74) is 0.912. The fourth-order valence-corrected chi connectivity index (χ4v) is 1.36. The van der Waals surface area contributed by atoms with Crippen molar-refractivity contribution in [3.63, 3.8) is 0 Å². The number of hydrogen-bond acceptors (Lipinski definition) is 3. The van der Waals surface area contributed by atoms with Crippen LogP contribution >= 0.6 is 11.3 Å². The normalized spacial score (nSPS) is 10.1. The van der Waals surface area contributed by atoms with Crippen molar-refractivity contribution in [1.82, 2.24) is 10.3 Å². The maximum atomic E-state index is 4.13. The first-order valence-electron chi connectivity index (χ1n) is 3.55. The van der Waals surface area contributed by atoms with Gasteiger partial charge in [-0.05, 0) is 13.8 Å². The van der Waals surface area contributed by atoms with Crippen molar-refractivity contribution in [3.05, 3.63) is 23.2 Å². The lowest BCUT2D eigenvalue weighted by molar-refractivity contribution is 0.717. The fourth-order valence-electron chi connectivity index (χ4n) is 0.783. The summed E-state index contributed by atoms with van der Waals surface area (Å²) in [6.07, 6.45) is 1.78. The minimum absolute atomic E-state index is 0.423. The first-order valence-corrected chi connectivity index (χ1v) is 4.43. The van der Waals surface area contributed by atoms with E-state index in [1.807, 2.05) is 5.38 Å². The summed E-state index contributed by atoms with van der Waals surface area (Å²) < 4.78 is 0. The van der Waals surface area contributed by atoms with Gasteiger partial charge in [-0.15, -0.1) is 11.3 Å². The van der Waals surface area contributed by atoms with Crippen molar-refractivity contribution in [2.24, 2.45) is 0 Å². The van der Waals surface area contributed by atoms with Crippen LogP contribution in [0, 0.1) is 0 Å². The molecule has 0 radical (unpaired) electrons. The highest BCUT2D eigenvalue weighted by Gasteiger charge is 2.01. The summed E-state index contributed by atoms with van der Waals surface area (Å²) in [6, 6.07) is 0.423. The van der Waals surface area contributed by atoms with E-state index in [0.717, 1.165) is 10.7 Å². The third kappa shape index (κ3) is 2.35. The number of hydrogen-bond donors (Lipinski definition) is 1. The molecule has 0 spiro atoms. The van der Waals surface area contributed by atoms with Crippen LogP contribution in [0.5, 0.6) is 0 Å². The van der Waals surface area contributed by atoms with Gasteiger partial charge in [-0.1, -0.05) is 6.58 Å². The van der Waals surface area contributed by atoms with Crippen molar-refractivity contribution in [1.29, 1.82) is 0 Å². The molecule has 0 saturated carbocycles. The molecule has 0 aliphatic rings. The predicted molar refractivity (Wildman–Crippen MR) is 49.4 cm³/mol. The Labute approximate surface area is 71.0 Å². The summed E-state index contributed by atoms with van der Waals surface area (Å²) in [4.78, 5) is 4.13. The third-order valence-electron chi connectivity index (χ3n) is 1.15. The Balaban J connectivity index is 2.57. The van der Waals surface area contributed by atoms with E-state index in [4.69, 9.17) is 0 Å². The summed E-state index contributed by atoms with van der Waals surface area (Å²) in [7, 11) is 0. The second-order valence-corrected chi connectivity index (χ2v) is 3.51. The fraction of sp³-hybridized carbons (Fsp3) is 0.375. The van der Waals surface area contributed by atoms with Gasteiger partial charge in [0.15, 0.2) is 0 Å². The van der Waals surface area contributed by atoms with Crippen LogP contribution in [0.1, 0.15) is 18.9 Å². The van der Waals surface area contributed by atoms with E-state index < -0.39 is 0 Å². The highest BCUT2D eigenvalue weighted by Crippen LogP contribution is 2.12. The van der Waals surface area contributed by atoms with Gasteiger partial charge in [0, 0.05) is 17.6 Å². The van der Waals surface area contributed by atoms with Crippen LogP contribution < -0.4 is 5.32 Å². The smallest absolute Gasteiger partial charge is 0.138 e. The second kappa shape index (κ2) is 3.53. The molecule has 1 heterocycles. The molecule has 0 unspecified atom stereocenters. The van der Waals surface area contributed by atoms with E-state index in [1.54, 1.807) is 17.5 Å². The van der Waals surface area contributed by atoms with Gasteiger partial charge in [-0.2, -0.15) is 0 Å². The monoisotopic (exact) mass is 168 g/mol. The van der Waals surface area contributed by atoms with Crippen molar-refractivity contribution in [2.45, 2.75) is 19.9 Å². The number of thiazole rings is 1. The summed E-state index contributed by atoms with van der Waals surface area (Å²) >= 11 is 1.60. The van der Waals surface area contributed by atoms with Crippen LogP contribution in [-0.2, 0) is 0 Å². The van der Waals surface area contributed by atoms with E-state index >= 15 is 0 Å². The maximum Gasteiger partial charge on any atom is 0.138 e. The van der Waals surface area contributed by atoms with E-state index in [1.165, 1.54) is 0 Å². The molecule has 0 aliphatic heterocycles. The molecule has 3 heteroatoms. The second-order valence-electron chi connectivity index (χ2n) is 2.61. The zero-order valence-electron chi connectivity index (χ0n) is 6.79. The summed E-state index contributed by atoms with van der Waals surface area (Å²) in [6.45, 7) is 8.04. The number of aromatic nitrogens is 1. The average molecular weight is 168 g/mol. The van der Waals surface area contributed by atoms with Crippen LogP contribution in [0.15, 0.2) is 18.2 Å². The van der Waals surface area contributed by atoms with Crippen LogP contribution in [-0.4, -0.2) is 11.0 Å². The predicted octanol–water partition coefficient (Wildman–Crippen LogP) is 2.11. The Hall–Kier alpha value is -0.830. The van der Waals surface area contributed by atoms with E-state index in [2.05, 4.69) is 30.7 Å². The summed E-state index contributed by atoms with van der Waals surface area (Å²) in [5.74, 6) is 0. The Morgan fingerprint density at radius 3 is 2.91 bits per heavy atom. The van der Waals surface area contributed by atoms with Crippen molar-refractivity contribution in [3.8, 4) is 0 Å². The zero-order valence-corrected chi connectivity index (χ0v) is 7.61. The van der Waals surface area contributed by atoms with Gasteiger partial charge in [-0.3, -0.25) is 0 Å². The van der Waals surface area contributed by atoms with E-state index in [-0.39, 0.29) is 0 Å². The third-order valence-corrected chi connectivity index (χ3v) is 1.99. The molecule has 11 heavy (non-hydrogen) atoms. The van der Waals surface area contributed by atoms with Crippen molar-refractivity contribution < 1.29 is 0 Å². The standard InChI is InChI=1S/C8H12N2S/c1-6(2)10-7(3)8-9-4-5-11-8/h4-6,10H,3H2,1-2H3. The molecule has 0 atom stereocenters. The summed E-state index contributed by atoms with van der Waals surface area (Å²) in [5, 5.41) is 6.12. The SMILES string of the molecule is C=C(NC(C)C)c1nccs1. The Morgan fingerprint density at radius 2 is 2.45 bits per heavy atom. The highest BCUT2D eigenvalue weighted by atomic mass is 32.1. The molecule has 1 aromatic heterocycles. The van der Waals surface area contributed by atoms with Crippen molar-refractivity contribution in [2.75, 3.05) is 0 Å². The average Bonchev–Trinajstić information content (AvgIpc) is 2.35. The molecule has 0 saturated heterocycles. The Bertz CT molecular complexity index is 226. The largest absolute Gasteiger partial charge is 0.381 e. The maximum absolute atomic E-state index is 4.13. The van der Waals surface area contributed by atoms with Crippen LogP contribution in [0.3, 0.4) is 0 Å². The molecule has 1 rings (SSSR count). The molecule has 0 aliphatic carbocycles. The van der Waals surface area contributed by atoms with Crippen LogP contribution in [0.4, 0.5) is 0 Å². The lowest BCUT2D eigenvalue weighted by atomic mass is 10.3. The molecule has 0 amide bonds. The Kier molecular flexibility index (Phi) is 2.65. The van der Waals surface area contributed by atoms with Crippen LogP contribution in [0.2, 0.25) is 0 Å². The van der Waals surface area contributed by atoms with E-state index in [9.17, 15) is 0 Å². The lowest BCUT2D eigenvalue weighted by Gasteiger charge is -2.09. The molecule has 0 aromatic carbocycles. The number of nitrogens with one attached hydrogen (secondary N) is 1. The zero-order chi connectivity index (χ0) is 8.27. The molecular formula is C8H12N2S. The number of nitrogens with zero attached hydrogens (tertiary/aromatic N) is 1. The molecular weight excluding hydrogens is 156 g/mol. The van der Waals surface area contributed by atoms with Gasteiger partial charge < -0.3 is 5.32 Å². The van der Waals surface area contributed by atoms with Gasteiger partial charge in [-0.25, -0.2) is 4.98 Å². The molecule has 1 aromatic rings. The van der Waals surface area contributed by atoms with Gasteiger partial charge in [0.05, 0.1) is 5.70 Å². The first-order chi connectivity index (χ1) is 5.20. The quantitative estimate of drug-likeness (QED) is 0.747. The molecule has 60 valence electrons. The van der Waals surface area contributed by atoms with Gasteiger partial charge in [0.25, 0.3) is 0 Å². The lowest BCUT2D eigenvalue weighted by Crippen LogP contribution is -2.19. The van der Waals surface area contributed by atoms with E-state index in [0.29, 0.717) is 6.04 Å². The molecule has 0 fully saturated rings. The molecule has 2 nitrogen and oxygen atoms in total. The molecule has 1 N–H and O–H groups in total. The van der Waals surface area contributed by atoms with Gasteiger partial charge in [0.1, 0.15) is 5.01 Å². The highest BCUT2D eigenvalue weighted by molar-refractivity contribution is 7.10. The minimum Gasteiger partial charge on any atom is -0.381 e. The minimum atomic E-state index is 0.423. The van der Waals surface area contributed by atoms with Crippen LogP contribution in [0.25, 0.3) is 5.70 Å². The number of rotatable bonds is 3. The topological polar surface area (TPSA) is 24.9 Å². The molecule has 0 bridgehead atoms. The van der Waals surface area contributed by atoms with Gasteiger partial charge in [0.2, 0.25) is 0 Å². The van der Waals surface area contributed by atoms with Gasteiger partial charge >= 0.3 is 0 Å². The van der Waals surface area contributed by atoms with Crippen molar-refractivity contribution >= 4 is 17.0 Å². The first kappa shape index (κ1) is 8.27. The Morgan fingerprint density at radius 1 is 1.73 bits per heavy atom.